The minimum absolute atomic E-state index is 0.0275. The highest BCUT2D eigenvalue weighted by atomic mass is 32.1. The van der Waals surface area contributed by atoms with Gasteiger partial charge in [-0.3, -0.25) is 4.79 Å². The van der Waals surface area contributed by atoms with Crippen LogP contribution in [-0.4, -0.2) is 55.7 Å². The molecule has 9 heteroatoms. The van der Waals surface area contributed by atoms with Crippen molar-refractivity contribution in [1.29, 1.82) is 0 Å². The molecular formula is C19H20N6O2S. The molecule has 1 fully saturated rings. The number of rotatable bonds is 5. The van der Waals surface area contributed by atoms with Crippen LogP contribution in [0.4, 0.5) is 5.95 Å². The number of piperazine rings is 1. The molecule has 0 unspecified atom stereocenters. The van der Waals surface area contributed by atoms with Gasteiger partial charge in [0.15, 0.2) is 0 Å². The molecule has 2 aromatic heterocycles. The Balaban J connectivity index is 1.32. The van der Waals surface area contributed by atoms with Crippen LogP contribution in [0.2, 0.25) is 0 Å². The van der Waals surface area contributed by atoms with Crippen LogP contribution < -0.4 is 9.64 Å². The summed E-state index contributed by atoms with van der Waals surface area (Å²) in [5, 5.41) is 0. The second-order valence-corrected chi connectivity index (χ2v) is 6.97. The first-order chi connectivity index (χ1) is 13.7. The predicted octanol–water partition coefficient (Wildman–Crippen LogP) is 2.18. The average Bonchev–Trinajstić information content (AvgIpc) is 3.17. The Bertz CT molecular complexity index is 923. The van der Waals surface area contributed by atoms with E-state index in [0.717, 1.165) is 24.5 Å². The Hall–Kier alpha value is -3.07. The first kappa shape index (κ1) is 18.3. The van der Waals surface area contributed by atoms with Crippen LogP contribution >= 0.6 is 11.7 Å². The number of hydrogen-bond acceptors (Lipinski definition) is 8. The van der Waals surface area contributed by atoms with Crippen molar-refractivity contribution in [3.63, 3.8) is 0 Å². The highest BCUT2D eigenvalue weighted by Crippen LogP contribution is 2.17. The summed E-state index contributed by atoms with van der Waals surface area (Å²) in [6, 6.07) is 9.03. The van der Waals surface area contributed by atoms with E-state index in [0.29, 0.717) is 37.0 Å². The summed E-state index contributed by atoms with van der Waals surface area (Å²) >= 11 is 1.18. The van der Waals surface area contributed by atoms with E-state index in [4.69, 9.17) is 4.74 Å². The molecule has 0 spiro atoms. The van der Waals surface area contributed by atoms with Crippen LogP contribution in [-0.2, 0) is 6.61 Å². The lowest BCUT2D eigenvalue weighted by molar-refractivity contribution is 0.0746. The van der Waals surface area contributed by atoms with Gasteiger partial charge < -0.3 is 14.5 Å². The molecule has 1 aliphatic rings. The molecule has 28 heavy (non-hydrogen) atoms. The standard InChI is InChI=1S/C19H20N6O2S/c1-14-17(23-28-22-14)13-27-16-5-3-15(4-6-16)18(26)24-9-11-25(12-10-24)19-20-7-2-8-21-19/h2-8H,9-13H2,1H3. The zero-order chi connectivity index (χ0) is 19.3. The van der Waals surface area contributed by atoms with Crippen molar-refractivity contribution < 1.29 is 9.53 Å². The molecule has 0 bridgehead atoms. The van der Waals surface area contributed by atoms with E-state index in [1.54, 1.807) is 30.6 Å². The van der Waals surface area contributed by atoms with Crippen LogP contribution in [0.1, 0.15) is 21.7 Å². The summed E-state index contributed by atoms with van der Waals surface area (Å²) in [4.78, 5) is 25.3. The maximum absolute atomic E-state index is 12.8. The number of carbonyl (C=O) groups excluding carboxylic acids is 1. The van der Waals surface area contributed by atoms with E-state index in [-0.39, 0.29) is 5.91 Å². The number of nitrogens with zero attached hydrogens (tertiary/aromatic N) is 6. The molecule has 0 saturated carbocycles. The fraction of sp³-hybridized carbons (Fsp3) is 0.316. The van der Waals surface area contributed by atoms with E-state index in [1.807, 2.05) is 24.0 Å². The Morgan fingerprint density at radius 3 is 2.43 bits per heavy atom. The maximum Gasteiger partial charge on any atom is 0.253 e. The van der Waals surface area contributed by atoms with Crippen LogP contribution in [0.3, 0.4) is 0 Å². The molecule has 144 valence electrons. The van der Waals surface area contributed by atoms with Crippen LogP contribution in [0.15, 0.2) is 42.7 Å². The molecule has 0 aliphatic carbocycles. The van der Waals surface area contributed by atoms with Gasteiger partial charge in [-0.2, -0.15) is 8.75 Å². The fourth-order valence-electron chi connectivity index (χ4n) is 2.97. The van der Waals surface area contributed by atoms with Gasteiger partial charge in [0.2, 0.25) is 5.95 Å². The van der Waals surface area contributed by atoms with Crippen LogP contribution in [0.5, 0.6) is 5.75 Å². The molecule has 0 atom stereocenters. The number of amides is 1. The molecule has 1 aliphatic heterocycles. The quantitative estimate of drug-likeness (QED) is 0.653. The third-order valence-electron chi connectivity index (χ3n) is 4.63. The van der Waals surface area contributed by atoms with Crippen molar-refractivity contribution in [3.8, 4) is 5.75 Å². The second kappa shape index (κ2) is 8.30. The lowest BCUT2D eigenvalue weighted by Crippen LogP contribution is -2.49. The van der Waals surface area contributed by atoms with E-state index in [2.05, 4.69) is 23.6 Å². The largest absolute Gasteiger partial charge is 0.487 e. The highest BCUT2D eigenvalue weighted by molar-refractivity contribution is 6.99. The SMILES string of the molecule is Cc1nsnc1COc1ccc(C(=O)N2CCN(c3ncccn3)CC2)cc1. The zero-order valence-corrected chi connectivity index (χ0v) is 16.3. The lowest BCUT2D eigenvalue weighted by atomic mass is 10.1. The van der Waals surface area contributed by atoms with E-state index >= 15 is 0 Å². The monoisotopic (exact) mass is 396 g/mol. The number of hydrogen-bond donors (Lipinski definition) is 0. The third-order valence-corrected chi connectivity index (χ3v) is 5.28. The molecule has 0 radical (unpaired) electrons. The number of ether oxygens (including phenoxy) is 1. The summed E-state index contributed by atoms with van der Waals surface area (Å²) in [6.45, 7) is 5.01. The predicted molar refractivity (Wildman–Crippen MR) is 106 cm³/mol. The van der Waals surface area contributed by atoms with E-state index in [9.17, 15) is 4.79 Å². The van der Waals surface area contributed by atoms with Crippen molar-refractivity contribution in [2.75, 3.05) is 31.1 Å². The molecular weight excluding hydrogens is 376 g/mol. The van der Waals surface area contributed by atoms with E-state index < -0.39 is 0 Å². The molecule has 3 aromatic rings. The normalized spacial score (nSPS) is 14.2. The fourth-order valence-corrected chi connectivity index (χ4v) is 3.52. The van der Waals surface area contributed by atoms with Crippen molar-refractivity contribution in [1.82, 2.24) is 23.6 Å². The molecule has 3 heterocycles. The summed E-state index contributed by atoms with van der Waals surface area (Å²) in [5.74, 6) is 1.44. The van der Waals surface area contributed by atoms with Gasteiger partial charge >= 0.3 is 0 Å². The topological polar surface area (TPSA) is 84.3 Å². The van der Waals surface area contributed by atoms with Crippen molar-refractivity contribution in [2.45, 2.75) is 13.5 Å². The van der Waals surface area contributed by atoms with Gasteiger partial charge in [-0.25, -0.2) is 9.97 Å². The Labute approximate surface area is 167 Å². The van der Waals surface area contributed by atoms with Gasteiger partial charge in [0.1, 0.15) is 18.1 Å². The smallest absolute Gasteiger partial charge is 0.253 e. The zero-order valence-electron chi connectivity index (χ0n) is 15.5. The summed E-state index contributed by atoms with van der Waals surface area (Å²) in [5.41, 5.74) is 2.38. The molecule has 8 nitrogen and oxygen atoms in total. The van der Waals surface area contributed by atoms with Crippen molar-refractivity contribution in [3.05, 3.63) is 59.7 Å². The molecule has 1 saturated heterocycles. The van der Waals surface area contributed by atoms with Gasteiger partial charge in [-0.1, -0.05) is 0 Å². The minimum atomic E-state index is 0.0275. The summed E-state index contributed by atoms with van der Waals surface area (Å²) in [6.07, 6.45) is 3.46. The third kappa shape index (κ3) is 4.09. The molecule has 1 aromatic carbocycles. The average molecular weight is 396 g/mol. The van der Waals surface area contributed by atoms with Gasteiger partial charge in [0, 0.05) is 44.1 Å². The van der Waals surface area contributed by atoms with Gasteiger partial charge in [0.05, 0.1) is 17.4 Å². The summed E-state index contributed by atoms with van der Waals surface area (Å²) < 4.78 is 14.1. The Morgan fingerprint density at radius 1 is 1.07 bits per heavy atom. The molecule has 0 N–H and O–H groups in total. The summed E-state index contributed by atoms with van der Waals surface area (Å²) in [7, 11) is 0. The van der Waals surface area contributed by atoms with Crippen LogP contribution in [0, 0.1) is 6.92 Å². The molecule has 4 rings (SSSR count). The minimum Gasteiger partial charge on any atom is -0.487 e. The maximum atomic E-state index is 12.8. The second-order valence-electron chi connectivity index (χ2n) is 6.44. The number of carbonyl (C=O) groups is 1. The van der Waals surface area contributed by atoms with E-state index in [1.165, 1.54) is 11.7 Å². The van der Waals surface area contributed by atoms with Crippen LogP contribution in [0.25, 0.3) is 0 Å². The van der Waals surface area contributed by atoms with Gasteiger partial charge in [-0.15, -0.1) is 0 Å². The van der Waals surface area contributed by atoms with Crippen molar-refractivity contribution in [2.24, 2.45) is 0 Å². The number of benzene rings is 1. The lowest BCUT2D eigenvalue weighted by Gasteiger charge is -2.34. The first-order valence-electron chi connectivity index (χ1n) is 9.03. The number of aromatic nitrogens is 4. The Kier molecular flexibility index (Phi) is 5.43. The first-order valence-corrected chi connectivity index (χ1v) is 9.76. The highest BCUT2D eigenvalue weighted by Gasteiger charge is 2.23. The van der Waals surface area contributed by atoms with Crippen molar-refractivity contribution >= 4 is 23.6 Å². The molecule has 1 amide bonds. The number of anilines is 1. The van der Waals surface area contributed by atoms with Gasteiger partial charge in [-0.05, 0) is 37.3 Å². The van der Waals surface area contributed by atoms with Gasteiger partial charge in [0.25, 0.3) is 5.91 Å². The number of aryl methyl sites for hydroxylation is 1. The Morgan fingerprint density at radius 2 is 1.79 bits per heavy atom.